The molecule has 0 aromatic heterocycles. The van der Waals surface area contributed by atoms with E-state index >= 15 is 0 Å². The summed E-state index contributed by atoms with van der Waals surface area (Å²) in [6, 6.07) is 6.55. The highest BCUT2D eigenvalue weighted by Crippen LogP contribution is 2.17. The van der Waals surface area contributed by atoms with Crippen molar-refractivity contribution in [2.45, 2.75) is 25.0 Å². The maximum absolute atomic E-state index is 13.6. The Kier molecular flexibility index (Phi) is 5.74. The third kappa shape index (κ3) is 4.18. The Hall–Kier alpha value is -1.66. The fourth-order valence-corrected chi connectivity index (χ4v) is 2.69. The van der Waals surface area contributed by atoms with E-state index in [4.69, 9.17) is 0 Å². The van der Waals surface area contributed by atoms with E-state index in [0.717, 1.165) is 12.8 Å². The zero-order valence-electron chi connectivity index (χ0n) is 13.1. The summed E-state index contributed by atoms with van der Waals surface area (Å²) in [4.78, 5) is 15.2. The van der Waals surface area contributed by atoms with Crippen LogP contribution in [0.5, 0.6) is 0 Å². The smallest absolute Gasteiger partial charge is 0.319 e. The number of carbonyl (C=O) groups is 1. The van der Waals surface area contributed by atoms with E-state index in [-0.39, 0.29) is 17.9 Å². The first-order valence-electron chi connectivity index (χ1n) is 7.61. The molecule has 5 nitrogen and oxygen atoms in total. The first-order valence-corrected chi connectivity index (χ1v) is 7.61. The first-order chi connectivity index (χ1) is 10.5. The van der Waals surface area contributed by atoms with Crippen LogP contribution in [-0.4, -0.2) is 60.7 Å². The standard InChI is InChI=1S/C16H24FN3O2/c1-19(2)16(22)20-9-7-12(8-10-20)18-11-15(21)13-5-3-4-6-14(13)17/h3-6,12,15,18,21H,7-11H2,1-2H3. The average Bonchev–Trinajstić information content (AvgIpc) is 2.52. The van der Waals surface area contributed by atoms with Gasteiger partial charge in [0.15, 0.2) is 0 Å². The average molecular weight is 309 g/mol. The largest absolute Gasteiger partial charge is 0.387 e. The Morgan fingerprint density at radius 1 is 1.41 bits per heavy atom. The molecule has 1 aromatic carbocycles. The molecule has 22 heavy (non-hydrogen) atoms. The maximum Gasteiger partial charge on any atom is 0.319 e. The number of carbonyl (C=O) groups excluding carboxylic acids is 1. The SMILES string of the molecule is CN(C)C(=O)N1CCC(NCC(O)c2ccccc2F)CC1. The molecule has 1 atom stereocenters. The molecule has 0 spiro atoms. The summed E-state index contributed by atoms with van der Waals surface area (Å²) in [7, 11) is 3.49. The molecule has 1 aliphatic heterocycles. The highest BCUT2D eigenvalue weighted by molar-refractivity contribution is 5.73. The normalized spacial score (nSPS) is 17.4. The third-order valence-corrected chi connectivity index (χ3v) is 4.01. The van der Waals surface area contributed by atoms with E-state index in [2.05, 4.69) is 5.32 Å². The molecule has 122 valence electrons. The van der Waals surface area contributed by atoms with Crippen LogP contribution >= 0.6 is 0 Å². The van der Waals surface area contributed by atoms with Crippen molar-refractivity contribution < 1.29 is 14.3 Å². The minimum Gasteiger partial charge on any atom is -0.387 e. The minimum atomic E-state index is -0.859. The van der Waals surface area contributed by atoms with E-state index < -0.39 is 6.10 Å². The lowest BCUT2D eigenvalue weighted by Crippen LogP contribution is -2.48. The van der Waals surface area contributed by atoms with Gasteiger partial charge >= 0.3 is 6.03 Å². The maximum atomic E-state index is 13.6. The number of urea groups is 1. The van der Waals surface area contributed by atoms with Gasteiger partial charge in [-0.3, -0.25) is 0 Å². The Morgan fingerprint density at radius 3 is 2.64 bits per heavy atom. The molecule has 2 rings (SSSR count). The van der Waals surface area contributed by atoms with Crippen molar-refractivity contribution in [1.29, 1.82) is 0 Å². The number of aliphatic hydroxyl groups is 1. The number of hydrogen-bond acceptors (Lipinski definition) is 3. The van der Waals surface area contributed by atoms with Gasteiger partial charge in [0.1, 0.15) is 5.82 Å². The second-order valence-corrected chi connectivity index (χ2v) is 5.88. The molecule has 6 heteroatoms. The molecular weight excluding hydrogens is 285 g/mol. The molecular formula is C16H24FN3O2. The van der Waals surface area contributed by atoms with E-state index in [1.807, 2.05) is 4.90 Å². The van der Waals surface area contributed by atoms with Gasteiger partial charge in [-0.05, 0) is 18.9 Å². The van der Waals surface area contributed by atoms with Gasteiger partial charge in [-0.25, -0.2) is 9.18 Å². The van der Waals surface area contributed by atoms with Crippen LogP contribution in [0.1, 0.15) is 24.5 Å². The molecule has 0 bridgehead atoms. The molecule has 2 amide bonds. The molecule has 0 aliphatic carbocycles. The lowest BCUT2D eigenvalue weighted by atomic mass is 10.0. The fraction of sp³-hybridized carbons (Fsp3) is 0.562. The Balaban J connectivity index is 1.77. The Labute approximate surface area is 130 Å². The van der Waals surface area contributed by atoms with Crippen LogP contribution in [0.4, 0.5) is 9.18 Å². The summed E-state index contributed by atoms with van der Waals surface area (Å²) in [6.07, 6.45) is 0.815. The van der Waals surface area contributed by atoms with Crippen molar-refractivity contribution in [2.24, 2.45) is 0 Å². The number of hydrogen-bond donors (Lipinski definition) is 2. The van der Waals surface area contributed by atoms with E-state index in [1.54, 1.807) is 37.2 Å². The summed E-state index contributed by atoms with van der Waals surface area (Å²) in [5.41, 5.74) is 0.315. The molecule has 1 unspecified atom stereocenters. The summed E-state index contributed by atoms with van der Waals surface area (Å²) in [6.45, 7) is 1.71. The number of rotatable bonds is 4. The van der Waals surface area contributed by atoms with Gasteiger partial charge < -0.3 is 20.2 Å². The van der Waals surface area contributed by atoms with E-state index in [9.17, 15) is 14.3 Å². The zero-order chi connectivity index (χ0) is 16.1. The number of piperidine rings is 1. The predicted octanol–water partition coefficient (Wildman–Crippen LogP) is 1.59. The first kappa shape index (κ1) is 16.7. The molecule has 0 radical (unpaired) electrons. The van der Waals surface area contributed by atoms with Gasteiger partial charge in [-0.2, -0.15) is 0 Å². The number of nitrogens with one attached hydrogen (secondary N) is 1. The van der Waals surface area contributed by atoms with Crippen LogP contribution in [0.15, 0.2) is 24.3 Å². The monoisotopic (exact) mass is 309 g/mol. The topological polar surface area (TPSA) is 55.8 Å². The van der Waals surface area contributed by atoms with Gasteiger partial charge in [-0.15, -0.1) is 0 Å². The van der Waals surface area contributed by atoms with E-state index in [0.29, 0.717) is 25.2 Å². The molecule has 0 saturated carbocycles. The number of benzene rings is 1. The number of aliphatic hydroxyl groups excluding tert-OH is 1. The second-order valence-electron chi connectivity index (χ2n) is 5.88. The number of halogens is 1. The van der Waals surface area contributed by atoms with Crippen LogP contribution in [0.25, 0.3) is 0 Å². The van der Waals surface area contributed by atoms with E-state index in [1.165, 1.54) is 6.07 Å². The minimum absolute atomic E-state index is 0.0323. The summed E-state index contributed by atoms with van der Waals surface area (Å²) < 4.78 is 13.6. The summed E-state index contributed by atoms with van der Waals surface area (Å²) in [5, 5.41) is 13.3. The second kappa shape index (κ2) is 7.56. The van der Waals surface area contributed by atoms with Crippen molar-refractivity contribution in [2.75, 3.05) is 33.7 Å². The molecule has 1 fully saturated rings. The summed E-state index contributed by atoms with van der Waals surface area (Å²) in [5.74, 6) is -0.386. The number of nitrogens with zero attached hydrogens (tertiary/aromatic N) is 2. The van der Waals surface area contributed by atoms with Crippen LogP contribution in [-0.2, 0) is 0 Å². The number of amides is 2. The molecule has 1 saturated heterocycles. The van der Waals surface area contributed by atoms with Gasteiger partial charge in [0.2, 0.25) is 0 Å². The predicted molar refractivity (Wildman–Crippen MR) is 83.0 cm³/mol. The summed E-state index contributed by atoms with van der Waals surface area (Å²) >= 11 is 0. The zero-order valence-corrected chi connectivity index (χ0v) is 13.1. The molecule has 2 N–H and O–H groups in total. The van der Waals surface area contributed by atoms with Gasteiger partial charge in [0, 0.05) is 45.3 Å². The highest BCUT2D eigenvalue weighted by atomic mass is 19.1. The van der Waals surface area contributed by atoms with Gasteiger partial charge in [0.05, 0.1) is 6.10 Å². The lowest BCUT2D eigenvalue weighted by molar-refractivity contribution is 0.139. The molecule has 1 aromatic rings. The van der Waals surface area contributed by atoms with Gasteiger partial charge in [-0.1, -0.05) is 18.2 Å². The van der Waals surface area contributed by atoms with Crippen molar-refractivity contribution in [3.63, 3.8) is 0 Å². The quantitative estimate of drug-likeness (QED) is 0.888. The van der Waals surface area contributed by atoms with Crippen molar-refractivity contribution >= 4 is 6.03 Å². The van der Waals surface area contributed by atoms with Crippen LogP contribution in [0.2, 0.25) is 0 Å². The van der Waals surface area contributed by atoms with Crippen LogP contribution in [0, 0.1) is 5.82 Å². The Bertz CT molecular complexity index is 502. The fourth-order valence-electron chi connectivity index (χ4n) is 2.69. The van der Waals surface area contributed by atoms with Crippen molar-refractivity contribution in [3.05, 3.63) is 35.6 Å². The van der Waals surface area contributed by atoms with Crippen molar-refractivity contribution in [1.82, 2.24) is 15.1 Å². The van der Waals surface area contributed by atoms with Crippen LogP contribution < -0.4 is 5.32 Å². The molecule has 1 aliphatic rings. The van der Waals surface area contributed by atoms with Crippen LogP contribution in [0.3, 0.4) is 0 Å². The Morgan fingerprint density at radius 2 is 2.05 bits per heavy atom. The van der Waals surface area contributed by atoms with Gasteiger partial charge in [0.25, 0.3) is 0 Å². The third-order valence-electron chi connectivity index (χ3n) is 4.01. The highest BCUT2D eigenvalue weighted by Gasteiger charge is 2.24. The number of likely N-dealkylation sites (tertiary alicyclic amines) is 1. The molecule has 1 heterocycles. The lowest BCUT2D eigenvalue weighted by Gasteiger charge is -2.34. The van der Waals surface area contributed by atoms with Crippen molar-refractivity contribution in [3.8, 4) is 0 Å².